The second-order valence-electron chi connectivity index (χ2n) is 4.95. The van der Waals surface area contributed by atoms with E-state index in [0.29, 0.717) is 11.1 Å². The molecule has 3 aromatic rings. The highest BCUT2D eigenvalue weighted by atomic mass is 32.2. The van der Waals surface area contributed by atoms with E-state index in [-0.39, 0.29) is 16.4 Å². The standard InChI is InChI=1S/C17H13NO4S/c1-12(19)14-6-2-8-15(11-14)23(20,21)22-16-9-3-5-13-7-4-10-18-17(13)16/h2-11H,1H3. The highest BCUT2D eigenvalue weighted by molar-refractivity contribution is 7.87. The quantitative estimate of drug-likeness (QED) is 0.543. The summed E-state index contributed by atoms with van der Waals surface area (Å²) < 4.78 is 30.2. The fourth-order valence-corrected chi connectivity index (χ4v) is 3.16. The Kier molecular flexibility index (Phi) is 3.83. The Hall–Kier alpha value is -2.73. The van der Waals surface area contributed by atoms with Crippen LogP contribution in [0.5, 0.6) is 5.75 Å². The molecule has 116 valence electrons. The number of ketones is 1. The smallest absolute Gasteiger partial charge is 0.339 e. The zero-order chi connectivity index (χ0) is 16.4. The van der Waals surface area contributed by atoms with Crippen molar-refractivity contribution in [1.29, 1.82) is 0 Å². The number of Topliss-reactive ketones (excluding diaryl/α,β-unsaturated/α-hetero) is 1. The van der Waals surface area contributed by atoms with E-state index < -0.39 is 10.1 Å². The van der Waals surface area contributed by atoms with Crippen LogP contribution in [0.2, 0.25) is 0 Å². The molecule has 0 aliphatic heterocycles. The number of benzene rings is 2. The molecule has 0 aliphatic rings. The SMILES string of the molecule is CC(=O)c1cccc(S(=O)(=O)Oc2cccc3cccnc23)c1. The Bertz CT molecular complexity index is 991. The lowest BCUT2D eigenvalue weighted by atomic mass is 10.2. The molecule has 23 heavy (non-hydrogen) atoms. The molecule has 0 aliphatic carbocycles. The second-order valence-corrected chi connectivity index (χ2v) is 6.50. The normalized spacial score (nSPS) is 11.3. The molecular formula is C17H13NO4S. The van der Waals surface area contributed by atoms with E-state index in [1.807, 2.05) is 12.1 Å². The zero-order valence-corrected chi connectivity index (χ0v) is 13.1. The van der Waals surface area contributed by atoms with E-state index >= 15 is 0 Å². The molecule has 0 amide bonds. The van der Waals surface area contributed by atoms with E-state index in [1.165, 1.54) is 25.1 Å². The van der Waals surface area contributed by atoms with Gasteiger partial charge in [0.2, 0.25) is 0 Å². The largest absolute Gasteiger partial charge is 0.377 e. The molecule has 0 radical (unpaired) electrons. The maximum Gasteiger partial charge on any atom is 0.339 e. The van der Waals surface area contributed by atoms with Gasteiger partial charge >= 0.3 is 10.1 Å². The van der Waals surface area contributed by atoms with Gasteiger partial charge in [0.1, 0.15) is 10.4 Å². The van der Waals surface area contributed by atoms with Crippen molar-refractivity contribution in [2.45, 2.75) is 11.8 Å². The van der Waals surface area contributed by atoms with E-state index in [2.05, 4.69) is 4.98 Å². The Morgan fingerprint density at radius 3 is 2.57 bits per heavy atom. The predicted octanol–water partition coefficient (Wildman–Crippen LogP) is 3.21. The lowest BCUT2D eigenvalue weighted by Crippen LogP contribution is -2.11. The summed E-state index contributed by atoms with van der Waals surface area (Å²) >= 11 is 0. The number of carbonyl (C=O) groups is 1. The number of nitrogens with zero attached hydrogens (tertiary/aromatic N) is 1. The first kappa shape index (κ1) is 15.2. The minimum Gasteiger partial charge on any atom is -0.377 e. The van der Waals surface area contributed by atoms with Crippen LogP contribution in [-0.2, 0) is 10.1 Å². The van der Waals surface area contributed by atoms with Crippen molar-refractivity contribution in [2.24, 2.45) is 0 Å². The molecule has 0 bridgehead atoms. The summed E-state index contributed by atoms with van der Waals surface area (Å²) in [4.78, 5) is 15.5. The summed E-state index contributed by atoms with van der Waals surface area (Å²) in [5, 5.41) is 0.776. The fourth-order valence-electron chi connectivity index (χ4n) is 2.18. The maximum absolute atomic E-state index is 12.5. The van der Waals surface area contributed by atoms with Gasteiger partial charge in [-0.15, -0.1) is 0 Å². The van der Waals surface area contributed by atoms with Gasteiger partial charge in [0.05, 0.1) is 0 Å². The van der Waals surface area contributed by atoms with Crippen molar-refractivity contribution in [3.8, 4) is 5.75 Å². The van der Waals surface area contributed by atoms with Crippen molar-refractivity contribution >= 4 is 26.8 Å². The van der Waals surface area contributed by atoms with Gasteiger partial charge in [-0.05, 0) is 31.2 Å². The van der Waals surface area contributed by atoms with Crippen LogP contribution >= 0.6 is 0 Å². The topological polar surface area (TPSA) is 73.3 Å². The summed E-state index contributed by atoms with van der Waals surface area (Å²) in [6, 6.07) is 14.4. The van der Waals surface area contributed by atoms with Gasteiger partial charge in [-0.25, -0.2) is 0 Å². The average Bonchev–Trinajstić information content (AvgIpc) is 2.55. The van der Waals surface area contributed by atoms with E-state index in [9.17, 15) is 13.2 Å². The van der Waals surface area contributed by atoms with Crippen molar-refractivity contribution < 1.29 is 17.4 Å². The fraction of sp³-hybridized carbons (Fsp3) is 0.0588. The van der Waals surface area contributed by atoms with Gasteiger partial charge in [-0.3, -0.25) is 9.78 Å². The van der Waals surface area contributed by atoms with E-state index in [1.54, 1.807) is 30.5 Å². The third-order valence-electron chi connectivity index (χ3n) is 3.32. The molecule has 6 heteroatoms. The zero-order valence-electron chi connectivity index (χ0n) is 12.3. The molecule has 0 saturated carbocycles. The predicted molar refractivity (Wildman–Crippen MR) is 86.0 cm³/mol. The Balaban J connectivity index is 2.04. The highest BCUT2D eigenvalue weighted by Gasteiger charge is 2.19. The van der Waals surface area contributed by atoms with Crippen LogP contribution in [-0.4, -0.2) is 19.2 Å². The summed E-state index contributed by atoms with van der Waals surface area (Å²) in [5.41, 5.74) is 0.770. The third kappa shape index (κ3) is 3.07. The van der Waals surface area contributed by atoms with Gasteiger partial charge in [0, 0.05) is 17.1 Å². The maximum atomic E-state index is 12.5. The van der Waals surface area contributed by atoms with E-state index in [0.717, 1.165) is 5.39 Å². The number of carbonyl (C=O) groups excluding carboxylic acids is 1. The Labute approximate surface area is 133 Å². The monoisotopic (exact) mass is 327 g/mol. The number of hydrogen-bond donors (Lipinski definition) is 0. The highest BCUT2D eigenvalue weighted by Crippen LogP contribution is 2.26. The van der Waals surface area contributed by atoms with Crippen LogP contribution in [0.3, 0.4) is 0 Å². The first-order valence-corrected chi connectivity index (χ1v) is 8.27. The van der Waals surface area contributed by atoms with Crippen molar-refractivity contribution in [3.63, 3.8) is 0 Å². The molecular weight excluding hydrogens is 314 g/mol. The minimum atomic E-state index is -4.05. The number of para-hydroxylation sites is 1. The van der Waals surface area contributed by atoms with Crippen molar-refractivity contribution in [1.82, 2.24) is 4.98 Å². The molecule has 5 nitrogen and oxygen atoms in total. The molecule has 0 unspecified atom stereocenters. The number of rotatable bonds is 4. The second kappa shape index (κ2) is 5.81. The van der Waals surface area contributed by atoms with Crippen molar-refractivity contribution in [2.75, 3.05) is 0 Å². The van der Waals surface area contributed by atoms with Gasteiger partial charge < -0.3 is 4.18 Å². The lowest BCUT2D eigenvalue weighted by Gasteiger charge is -2.09. The first-order valence-electron chi connectivity index (χ1n) is 6.86. The lowest BCUT2D eigenvalue weighted by molar-refractivity contribution is 0.101. The summed E-state index contributed by atoms with van der Waals surface area (Å²) in [6.07, 6.45) is 1.57. The van der Waals surface area contributed by atoms with Crippen LogP contribution in [0.15, 0.2) is 65.7 Å². The Morgan fingerprint density at radius 1 is 1.04 bits per heavy atom. The molecule has 1 heterocycles. The van der Waals surface area contributed by atoms with Crippen LogP contribution in [0.25, 0.3) is 10.9 Å². The molecule has 3 rings (SSSR count). The first-order chi connectivity index (χ1) is 11.0. The molecule has 0 spiro atoms. The van der Waals surface area contributed by atoms with Crippen LogP contribution in [0.4, 0.5) is 0 Å². The van der Waals surface area contributed by atoms with Crippen molar-refractivity contribution in [3.05, 3.63) is 66.4 Å². The Morgan fingerprint density at radius 2 is 1.78 bits per heavy atom. The van der Waals surface area contributed by atoms with Gasteiger partial charge in [0.25, 0.3) is 0 Å². The summed E-state index contributed by atoms with van der Waals surface area (Å²) in [5.74, 6) is -0.0646. The molecule has 0 N–H and O–H groups in total. The molecule has 2 aromatic carbocycles. The minimum absolute atomic E-state index is 0.0712. The van der Waals surface area contributed by atoms with Crippen LogP contribution < -0.4 is 4.18 Å². The van der Waals surface area contributed by atoms with Gasteiger partial charge in [0.15, 0.2) is 11.5 Å². The van der Waals surface area contributed by atoms with Crippen LogP contribution in [0, 0.1) is 0 Å². The third-order valence-corrected chi connectivity index (χ3v) is 4.55. The van der Waals surface area contributed by atoms with E-state index in [4.69, 9.17) is 4.18 Å². The van der Waals surface area contributed by atoms with Crippen LogP contribution in [0.1, 0.15) is 17.3 Å². The molecule has 0 atom stereocenters. The summed E-state index contributed by atoms with van der Waals surface area (Å²) in [7, 11) is -4.05. The summed E-state index contributed by atoms with van der Waals surface area (Å²) in [6.45, 7) is 1.38. The number of aromatic nitrogens is 1. The number of hydrogen-bond acceptors (Lipinski definition) is 5. The number of fused-ring (bicyclic) bond motifs is 1. The molecule has 0 saturated heterocycles. The average molecular weight is 327 g/mol. The van der Waals surface area contributed by atoms with Gasteiger partial charge in [-0.1, -0.05) is 30.3 Å². The molecule has 1 aromatic heterocycles. The number of pyridine rings is 1. The molecule has 0 fully saturated rings. The van der Waals surface area contributed by atoms with Gasteiger partial charge in [-0.2, -0.15) is 8.42 Å².